The molecule has 102 valence electrons. The number of rotatable bonds is 4. The van der Waals surface area contributed by atoms with Crippen LogP contribution in [0.3, 0.4) is 0 Å². The zero-order chi connectivity index (χ0) is 13.8. The van der Waals surface area contributed by atoms with Gasteiger partial charge in [-0.1, -0.05) is 12.2 Å². The van der Waals surface area contributed by atoms with E-state index in [1.807, 2.05) is 12.1 Å². The lowest BCUT2D eigenvalue weighted by molar-refractivity contribution is -0.140. The predicted molar refractivity (Wildman–Crippen MR) is 76.1 cm³/mol. The maximum absolute atomic E-state index is 11.6. The summed E-state index contributed by atoms with van der Waals surface area (Å²) in [4.78, 5) is 23.5. The van der Waals surface area contributed by atoms with Crippen molar-refractivity contribution in [1.29, 1.82) is 0 Å². The van der Waals surface area contributed by atoms with Crippen LogP contribution >= 0.6 is 27.3 Å². The van der Waals surface area contributed by atoms with E-state index < -0.39 is 11.9 Å². The van der Waals surface area contributed by atoms with Gasteiger partial charge in [-0.25, -0.2) is 4.79 Å². The van der Waals surface area contributed by atoms with Crippen LogP contribution in [0.4, 0.5) is 4.79 Å². The molecule has 7 heteroatoms. The summed E-state index contributed by atoms with van der Waals surface area (Å²) in [6.07, 6.45) is 3.75. The first-order chi connectivity index (χ1) is 9.04. The summed E-state index contributed by atoms with van der Waals surface area (Å²) in [5.74, 6) is -1.36. The summed E-state index contributed by atoms with van der Waals surface area (Å²) in [6, 6.07) is 3.36. The van der Waals surface area contributed by atoms with Crippen LogP contribution in [-0.2, 0) is 11.3 Å². The topological polar surface area (TPSA) is 78.4 Å². The summed E-state index contributed by atoms with van der Waals surface area (Å²) in [5.41, 5.74) is 0. The largest absolute Gasteiger partial charge is 0.481 e. The first kappa shape index (κ1) is 14.1. The van der Waals surface area contributed by atoms with Gasteiger partial charge in [0, 0.05) is 4.88 Å². The van der Waals surface area contributed by atoms with Gasteiger partial charge in [0.15, 0.2) is 0 Å². The number of hydrogen-bond donors (Lipinski definition) is 3. The Morgan fingerprint density at radius 2 is 2.21 bits per heavy atom. The number of thiophene rings is 1. The molecule has 1 aromatic heterocycles. The van der Waals surface area contributed by atoms with Gasteiger partial charge in [0.25, 0.3) is 0 Å². The van der Waals surface area contributed by atoms with Crippen LogP contribution in [0, 0.1) is 5.92 Å². The molecule has 2 atom stereocenters. The molecule has 3 N–H and O–H groups in total. The molecule has 2 rings (SSSR count). The minimum absolute atomic E-state index is 0.212. The molecule has 2 unspecified atom stereocenters. The standard InChI is InChI=1S/C12H13BrN2O3S/c13-10-4-3-9(19-10)6-14-12(18)15-8-2-1-7(5-8)11(16)17/h1-4,7-8H,5-6H2,(H,16,17)(H2,14,15,18). The minimum atomic E-state index is -0.857. The lowest BCUT2D eigenvalue weighted by Crippen LogP contribution is -2.40. The summed E-state index contributed by atoms with van der Waals surface area (Å²) in [5, 5.41) is 14.3. The fourth-order valence-corrected chi connectivity index (χ4v) is 3.25. The summed E-state index contributed by atoms with van der Waals surface area (Å²) in [7, 11) is 0. The van der Waals surface area contributed by atoms with Crippen molar-refractivity contribution in [3.63, 3.8) is 0 Å². The maximum Gasteiger partial charge on any atom is 0.315 e. The van der Waals surface area contributed by atoms with Gasteiger partial charge in [0.1, 0.15) is 0 Å². The Morgan fingerprint density at radius 3 is 2.79 bits per heavy atom. The number of halogens is 1. The first-order valence-corrected chi connectivity index (χ1v) is 7.35. The fourth-order valence-electron chi connectivity index (χ4n) is 1.82. The molecule has 0 bridgehead atoms. The van der Waals surface area contributed by atoms with Crippen molar-refractivity contribution in [3.8, 4) is 0 Å². The second-order valence-electron chi connectivity index (χ2n) is 4.20. The molecule has 0 aliphatic heterocycles. The molecule has 1 aliphatic carbocycles. The van der Waals surface area contributed by atoms with E-state index >= 15 is 0 Å². The SMILES string of the molecule is O=C(NCc1ccc(Br)s1)NC1C=CC(C(=O)O)C1. The van der Waals surface area contributed by atoms with Crippen molar-refractivity contribution in [3.05, 3.63) is 32.9 Å². The third-order valence-corrected chi connectivity index (χ3v) is 4.39. The molecule has 1 aliphatic rings. The molecule has 0 saturated carbocycles. The second kappa shape index (κ2) is 6.21. The quantitative estimate of drug-likeness (QED) is 0.733. The number of amides is 2. The normalized spacial score (nSPS) is 21.3. The molecular weight excluding hydrogens is 332 g/mol. The number of urea groups is 1. The van der Waals surface area contributed by atoms with Crippen molar-refractivity contribution < 1.29 is 14.7 Å². The van der Waals surface area contributed by atoms with E-state index in [-0.39, 0.29) is 12.1 Å². The molecule has 0 aromatic carbocycles. The Labute approximate surface area is 122 Å². The number of carbonyl (C=O) groups excluding carboxylic acids is 1. The summed E-state index contributed by atoms with van der Waals surface area (Å²) >= 11 is 4.91. The Bertz CT molecular complexity index is 515. The highest BCUT2D eigenvalue weighted by Crippen LogP contribution is 2.21. The molecule has 0 fully saturated rings. The Balaban J connectivity index is 1.74. The predicted octanol–water partition coefficient (Wildman–Crippen LogP) is 2.34. The van der Waals surface area contributed by atoms with Crippen LogP contribution in [0.1, 0.15) is 11.3 Å². The van der Waals surface area contributed by atoms with Gasteiger partial charge in [-0.3, -0.25) is 4.79 Å². The van der Waals surface area contributed by atoms with Gasteiger partial charge in [-0.05, 0) is 34.5 Å². The van der Waals surface area contributed by atoms with Gasteiger partial charge < -0.3 is 15.7 Å². The molecule has 1 heterocycles. The van der Waals surface area contributed by atoms with E-state index in [0.29, 0.717) is 13.0 Å². The van der Waals surface area contributed by atoms with Gasteiger partial charge in [-0.15, -0.1) is 11.3 Å². The number of carbonyl (C=O) groups is 2. The lowest BCUT2D eigenvalue weighted by atomic mass is 10.1. The second-order valence-corrected chi connectivity index (χ2v) is 6.75. The van der Waals surface area contributed by atoms with E-state index in [0.717, 1.165) is 8.66 Å². The summed E-state index contributed by atoms with van der Waals surface area (Å²) < 4.78 is 1.02. The zero-order valence-corrected chi connectivity index (χ0v) is 12.3. The highest BCUT2D eigenvalue weighted by atomic mass is 79.9. The van der Waals surface area contributed by atoms with Crippen LogP contribution in [0.15, 0.2) is 28.1 Å². The van der Waals surface area contributed by atoms with E-state index in [4.69, 9.17) is 5.11 Å². The highest BCUT2D eigenvalue weighted by Gasteiger charge is 2.25. The van der Waals surface area contributed by atoms with E-state index in [9.17, 15) is 9.59 Å². The molecule has 0 radical (unpaired) electrons. The molecule has 0 saturated heterocycles. The lowest BCUT2D eigenvalue weighted by Gasteiger charge is -2.12. The first-order valence-electron chi connectivity index (χ1n) is 5.74. The van der Waals surface area contributed by atoms with Crippen molar-refractivity contribution >= 4 is 39.3 Å². The van der Waals surface area contributed by atoms with Crippen LogP contribution in [0.2, 0.25) is 0 Å². The molecule has 19 heavy (non-hydrogen) atoms. The maximum atomic E-state index is 11.6. The van der Waals surface area contributed by atoms with Gasteiger partial charge in [0.05, 0.1) is 22.3 Å². The van der Waals surface area contributed by atoms with Gasteiger partial charge in [-0.2, -0.15) is 0 Å². The number of aliphatic carboxylic acids is 1. The van der Waals surface area contributed by atoms with Crippen LogP contribution in [0.5, 0.6) is 0 Å². The van der Waals surface area contributed by atoms with E-state index in [2.05, 4.69) is 26.6 Å². The molecule has 1 aromatic rings. The number of hydrogen-bond acceptors (Lipinski definition) is 3. The molecule has 5 nitrogen and oxygen atoms in total. The van der Waals surface area contributed by atoms with Crippen molar-refractivity contribution in [1.82, 2.24) is 10.6 Å². The number of nitrogens with one attached hydrogen (secondary N) is 2. The Kier molecular flexibility index (Phi) is 4.60. The number of carboxylic acids is 1. The van der Waals surface area contributed by atoms with Crippen molar-refractivity contribution in [2.75, 3.05) is 0 Å². The number of carboxylic acid groups (broad SMARTS) is 1. The highest BCUT2D eigenvalue weighted by molar-refractivity contribution is 9.11. The monoisotopic (exact) mass is 344 g/mol. The molecular formula is C12H13BrN2O3S. The van der Waals surface area contributed by atoms with Crippen LogP contribution < -0.4 is 10.6 Å². The minimum Gasteiger partial charge on any atom is -0.481 e. The van der Waals surface area contributed by atoms with Crippen LogP contribution in [0.25, 0.3) is 0 Å². The fraction of sp³-hybridized carbons (Fsp3) is 0.333. The molecule has 0 spiro atoms. The van der Waals surface area contributed by atoms with E-state index in [1.165, 1.54) is 0 Å². The van der Waals surface area contributed by atoms with Crippen LogP contribution in [-0.4, -0.2) is 23.1 Å². The average Bonchev–Trinajstić information content (AvgIpc) is 2.96. The van der Waals surface area contributed by atoms with E-state index in [1.54, 1.807) is 23.5 Å². The van der Waals surface area contributed by atoms with Gasteiger partial charge >= 0.3 is 12.0 Å². The third-order valence-electron chi connectivity index (χ3n) is 2.77. The molecule has 2 amide bonds. The smallest absolute Gasteiger partial charge is 0.315 e. The average molecular weight is 345 g/mol. The Morgan fingerprint density at radius 1 is 1.42 bits per heavy atom. The van der Waals surface area contributed by atoms with Crippen molar-refractivity contribution in [2.45, 2.75) is 19.0 Å². The van der Waals surface area contributed by atoms with Gasteiger partial charge in [0.2, 0.25) is 0 Å². The summed E-state index contributed by atoms with van der Waals surface area (Å²) in [6.45, 7) is 0.459. The third kappa shape index (κ3) is 4.07. The van der Waals surface area contributed by atoms with Crippen molar-refractivity contribution in [2.24, 2.45) is 5.92 Å². The Hall–Kier alpha value is -1.34. The zero-order valence-electron chi connectivity index (χ0n) is 9.93.